The van der Waals surface area contributed by atoms with E-state index >= 15 is 0 Å². The molecule has 4 heteroatoms. The van der Waals surface area contributed by atoms with Crippen molar-refractivity contribution in [2.45, 2.75) is 6.92 Å². The summed E-state index contributed by atoms with van der Waals surface area (Å²) in [5.74, 6) is 0.982. The highest BCUT2D eigenvalue weighted by Gasteiger charge is 2.10. The molecule has 0 fully saturated rings. The molecule has 0 atom stereocenters. The molecule has 0 amide bonds. The first-order valence-corrected chi connectivity index (χ1v) is 5.08. The predicted molar refractivity (Wildman–Crippen MR) is 58.9 cm³/mol. The molecule has 0 saturated heterocycles. The van der Waals surface area contributed by atoms with Gasteiger partial charge < -0.3 is 4.57 Å². The van der Waals surface area contributed by atoms with Crippen molar-refractivity contribution in [1.82, 2.24) is 14.5 Å². The van der Waals surface area contributed by atoms with E-state index in [9.17, 15) is 0 Å². The summed E-state index contributed by atoms with van der Waals surface area (Å²) >= 11 is 3.51. The van der Waals surface area contributed by atoms with Crippen LogP contribution in [0.2, 0.25) is 0 Å². The van der Waals surface area contributed by atoms with Gasteiger partial charge in [-0.05, 0) is 35.0 Å². The van der Waals surface area contributed by atoms with Crippen LogP contribution < -0.4 is 0 Å². The molecule has 2 heterocycles. The van der Waals surface area contributed by atoms with Gasteiger partial charge in [-0.2, -0.15) is 0 Å². The summed E-state index contributed by atoms with van der Waals surface area (Å²) in [7, 11) is 1.98. The highest BCUT2D eigenvalue weighted by Crippen LogP contribution is 2.26. The minimum Gasteiger partial charge on any atom is -0.326 e. The smallest absolute Gasteiger partial charge is 0.112 e. The van der Waals surface area contributed by atoms with Crippen LogP contribution in [0.3, 0.4) is 0 Å². The molecule has 0 bridgehead atoms. The Balaban J connectivity index is 2.58. The van der Waals surface area contributed by atoms with Gasteiger partial charge in [0, 0.05) is 25.0 Å². The Labute approximate surface area is 90.9 Å². The summed E-state index contributed by atoms with van der Waals surface area (Å²) in [5, 5.41) is 0. The van der Waals surface area contributed by atoms with E-state index in [2.05, 4.69) is 25.9 Å². The van der Waals surface area contributed by atoms with Crippen molar-refractivity contribution in [3.8, 4) is 11.3 Å². The third-order valence-electron chi connectivity index (χ3n) is 2.18. The average Bonchev–Trinajstić information content (AvgIpc) is 2.47. The van der Waals surface area contributed by atoms with Crippen LogP contribution in [-0.2, 0) is 7.05 Å². The zero-order chi connectivity index (χ0) is 10.1. The van der Waals surface area contributed by atoms with E-state index in [0.717, 1.165) is 21.7 Å². The zero-order valence-electron chi connectivity index (χ0n) is 8.03. The molecule has 3 nitrogen and oxygen atoms in total. The molecule has 2 rings (SSSR count). The summed E-state index contributed by atoms with van der Waals surface area (Å²) in [6.45, 7) is 1.98. The van der Waals surface area contributed by atoms with Crippen LogP contribution in [0.25, 0.3) is 11.3 Å². The molecular weight excluding hydrogens is 242 g/mol. The molecule has 0 aromatic carbocycles. The largest absolute Gasteiger partial charge is 0.326 e. The lowest BCUT2D eigenvalue weighted by atomic mass is 10.2. The Bertz CT molecular complexity index is 448. The molecule has 0 saturated carbocycles. The Morgan fingerprint density at radius 1 is 1.43 bits per heavy atom. The normalized spacial score (nSPS) is 10.5. The van der Waals surface area contributed by atoms with Crippen LogP contribution in [0.15, 0.2) is 29.1 Å². The van der Waals surface area contributed by atoms with Gasteiger partial charge in [-0.15, -0.1) is 0 Å². The number of pyridine rings is 1. The van der Waals surface area contributed by atoms with Crippen molar-refractivity contribution >= 4 is 15.9 Å². The van der Waals surface area contributed by atoms with E-state index in [4.69, 9.17) is 0 Å². The first kappa shape index (κ1) is 9.40. The fourth-order valence-electron chi connectivity index (χ4n) is 1.27. The number of aryl methyl sites for hydroxylation is 1. The Kier molecular flexibility index (Phi) is 2.37. The van der Waals surface area contributed by atoms with Crippen LogP contribution >= 0.6 is 15.9 Å². The van der Waals surface area contributed by atoms with E-state index in [0.29, 0.717) is 0 Å². The van der Waals surface area contributed by atoms with E-state index in [1.165, 1.54) is 0 Å². The highest BCUT2D eigenvalue weighted by molar-refractivity contribution is 9.10. The number of rotatable bonds is 1. The molecule has 0 unspecified atom stereocenters. The lowest BCUT2D eigenvalue weighted by Crippen LogP contribution is -1.90. The molecule has 0 aliphatic heterocycles. The molecule has 0 radical (unpaired) electrons. The first-order chi connectivity index (χ1) is 6.70. The number of halogens is 1. The van der Waals surface area contributed by atoms with Crippen molar-refractivity contribution in [3.63, 3.8) is 0 Å². The Morgan fingerprint density at radius 3 is 2.71 bits per heavy atom. The maximum atomic E-state index is 4.46. The van der Waals surface area contributed by atoms with Crippen molar-refractivity contribution in [3.05, 3.63) is 35.0 Å². The first-order valence-electron chi connectivity index (χ1n) is 4.29. The molecular formula is C10H10BrN3. The number of aromatic nitrogens is 3. The summed E-state index contributed by atoms with van der Waals surface area (Å²) in [4.78, 5) is 8.53. The summed E-state index contributed by atoms with van der Waals surface area (Å²) in [6, 6.07) is 3.91. The fraction of sp³-hybridized carbons (Fsp3) is 0.200. The second-order valence-corrected chi connectivity index (χ2v) is 3.85. The fourth-order valence-corrected chi connectivity index (χ4v) is 1.84. The van der Waals surface area contributed by atoms with E-state index in [1.54, 1.807) is 6.20 Å². The maximum absolute atomic E-state index is 4.46. The minimum absolute atomic E-state index is 0.943. The molecule has 0 N–H and O–H groups in total. The maximum Gasteiger partial charge on any atom is 0.112 e. The van der Waals surface area contributed by atoms with Crippen LogP contribution in [-0.4, -0.2) is 14.5 Å². The van der Waals surface area contributed by atoms with Crippen molar-refractivity contribution in [1.29, 1.82) is 0 Å². The minimum atomic E-state index is 0.943. The van der Waals surface area contributed by atoms with Crippen LogP contribution in [0.4, 0.5) is 0 Å². The third-order valence-corrected chi connectivity index (χ3v) is 3.09. The van der Waals surface area contributed by atoms with E-state index < -0.39 is 0 Å². The molecule has 14 heavy (non-hydrogen) atoms. The molecule has 2 aromatic rings. The second-order valence-electron chi connectivity index (χ2n) is 3.10. The monoisotopic (exact) mass is 251 g/mol. The lowest BCUT2D eigenvalue weighted by molar-refractivity contribution is 0.840. The molecule has 2 aromatic heterocycles. The summed E-state index contributed by atoms with van der Waals surface area (Å²) < 4.78 is 2.99. The van der Waals surface area contributed by atoms with Gasteiger partial charge in [-0.1, -0.05) is 0 Å². The SMILES string of the molecule is Cc1nc(-c2cccnc2)c(Br)n1C. The van der Waals surface area contributed by atoms with Crippen LogP contribution in [0, 0.1) is 6.92 Å². The highest BCUT2D eigenvalue weighted by atomic mass is 79.9. The Hall–Kier alpha value is -1.16. The Morgan fingerprint density at radius 2 is 2.21 bits per heavy atom. The average molecular weight is 252 g/mol. The number of nitrogens with zero attached hydrogens (tertiary/aromatic N) is 3. The standard InChI is InChI=1S/C10H10BrN3/c1-7-13-9(10(11)14(7)2)8-4-3-5-12-6-8/h3-6H,1-2H3. The number of imidazole rings is 1. The molecule has 0 spiro atoms. The topological polar surface area (TPSA) is 30.7 Å². The summed E-state index contributed by atoms with van der Waals surface area (Å²) in [6.07, 6.45) is 3.57. The lowest BCUT2D eigenvalue weighted by Gasteiger charge is -1.97. The van der Waals surface area contributed by atoms with Crippen molar-refractivity contribution in [2.75, 3.05) is 0 Å². The molecule has 0 aliphatic carbocycles. The zero-order valence-corrected chi connectivity index (χ0v) is 9.62. The van der Waals surface area contributed by atoms with Gasteiger partial charge in [0.25, 0.3) is 0 Å². The van der Waals surface area contributed by atoms with Crippen LogP contribution in [0.5, 0.6) is 0 Å². The number of hydrogen-bond acceptors (Lipinski definition) is 2. The quantitative estimate of drug-likeness (QED) is 0.780. The van der Waals surface area contributed by atoms with Gasteiger partial charge in [0.1, 0.15) is 16.1 Å². The number of hydrogen-bond donors (Lipinski definition) is 0. The second kappa shape index (κ2) is 3.53. The van der Waals surface area contributed by atoms with E-state index in [-0.39, 0.29) is 0 Å². The van der Waals surface area contributed by atoms with Gasteiger partial charge in [0.05, 0.1) is 0 Å². The predicted octanol–water partition coefficient (Wildman–Crippen LogP) is 2.55. The molecule has 0 aliphatic rings. The van der Waals surface area contributed by atoms with Crippen LogP contribution in [0.1, 0.15) is 5.82 Å². The van der Waals surface area contributed by atoms with Gasteiger partial charge in [0.15, 0.2) is 0 Å². The van der Waals surface area contributed by atoms with Gasteiger partial charge in [-0.25, -0.2) is 4.98 Å². The van der Waals surface area contributed by atoms with Gasteiger partial charge in [0.2, 0.25) is 0 Å². The summed E-state index contributed by atoms with van der Waals surface area (Å²) in [5.41, 5.74) is 1.97. The van der Waals surface area contributed by atoms with Gasteiger partial charge in [-0.3, -0.25) is 4.98 Å². The van der Waals surface area contributed by atoms with E-state index in [1.807, 2.05) is 36.9 Å². The molecule has 72 valence electrons. The van der Waals surface area contributed by atoms with Gasteiger partial charge >= 0.3 is 0 Å². The van der Waals surface area contributed by atoms with Crippen molar-refractivity contribution < 1.29 is 0 Å². The van der Waals surface area contributed by atoms with Crippen molar-refractivity contribution in [2.24, 2.45) is 7.05 Å². The third kappa shape index (κ3) is 1.46.